The third-order valence-corrected chi connectivity index (χ3v) is 10.1. The maximum atomic E-state index is 14.5. The van der Waals surface area contributed by atoms with E-state index in [0.717, 1.165) is 60.6 Å². The summed E-state index contributed by atoms with van der Waals surface area (Å²) in [5.41, 5.74) is 14.9. The summed E-state index contributed by atoms with van der Waals surface area (Å²) < 4.78 is 28.5. The minimum Gasteiger partial charge on any atom is -0.364 e. The Morgan fingerprint density at radius 2 is 1.15 bits per heavy atom. The number of aryl methyl sites for hydroxylation is 4. The molecule has 0 spiro atoms. The Labute approximate surface area is 278 Å². The molecule has 3 aromatic carbocycles. The van der Waals surface area contributed by atoms with E-state index < -0.39 is 11.6 Å². The summed E-state index contributed by atoms with van der Waals surface area (Å²) in [6.45, 7) is 16.1. The van der Waals surface area contributed by atoms with Gasteiger partial charge in [-0.1, -0.05) is 0 Å². The molecule has 0 saturated carbocycles. The first-order chi connectivity index (χ1) is 22.5. The molecule has 6 rings (SSSR count). The molecule has 0 N–H and O–H groups in total. The highest BCUT2D eigenvalue weighted by Crippen LogP contribution is 2.30. The predicted molar refractivity (Wildman–Crippen MR) is 189 cm³/mol. The van der Waals surface area contributed by atoms with Gasteiger partial charge in [-0.25, -0.2) is 8.78 Å². The van der Waals surface area contributed by atoms with Gasteiger partial charge in [0.05, 0.1) is 11.4 Å². The van der Waals surface area contributed by atoms with Crippen molar-refractivity contribution in [2.45, 2.75) is 73.5 Å². The number of hydrogen-bond acceptors (Lipinski definition) is 4. The summed E-state index contributed by atoms with van der Waals surface area (Å²) in [5, 5.41) is 0. The topological polar surface area (TPSA) is 32.3 Å². The van der Waals surface area contributed by atoms with Gasteiger partial charge >= 0.3 is 0 Å². The number of anilines is 1. The van der Waals surface area contributed by atoms with Gasteiger partial charge in [0, 0.05) is 67.5 Å². The first-order valence-electron chi connectivity index (χ1n) is 16.6. The van der Waals surface area contributed by atoms with E-state index in [4.69, 9.17) is 0 Å². The molecule has 1 saturated heterocycles. The van der Waals surface area contributed by atoms with Crippen LogP contribution in [0.1, 0.15) is 57.3 Å². The van der Waals surface area contributed by atoms with Crippen LogP contribution in [0.3, 0.4) is 0 Å². The second kappa shape index (κ2) is 13.7. The lowest BCUT2D eigenvalue weighted by molar-refractivity contribution is 0.201. The molecule has 1 aliphatic rings. The van der Waals surface area contributed by atoms with Crippen molar-refractivity contribution in [1.82, 2.24) is 14.9 Å². The maximum absolute atomic E-state index is 14.5. The van der Waals surface area contributed by atoms with Crippen molar-refractivity contribution in [2.24, 2.45) is 0 Å². The van der Waals surface area contributed by atoms with E-state index in [0.29, 0.717) is 12.2 Å². The molecule has 0 aliphatic carbocycles. The highest BCUT2D eigenvalue weighted by Gasteiger charge is 2.26. The Bertz CT molecular complexity index is 1860. The zero-order chi connectivity index (χ0) is 33.2. The van der Waals surface area contributed by atoms with Gasteiger partial charge in [-0.2, -0.15) is 0 Å². The molecule has 2 aromatic heterocycles. The summed E-state index contributed by atoms with van der Waals surface area (Å²) in [7, 11) is 0. The number of halogens is 2. The quantitative estimate of drug-likeness (QED) is 0.171. The Kier molecular flexibility index (Phi) is 9.51. The predicted octanol–water partition coefficient (Wildman–Crippen LogP) is 9.61. The van der Waals surface area contributed by atoms with Crippen LogP contribution in [-0.2, 0) is 13.1 Å². The fourth-order valence-corrected chi connectivity index (χ4v) is 6.77. The van der Waals surface area contributed by atoms with Gasteiger partial charge in [0.1, 0.15) is 0 Å². The average Bonchev–Trinajstić information content (AvgIpc) is 3.06. The van der Waals surface area contributed by atoms with Gasteiger partial charge < -0.3 is 4.90 Å². The molecule has 0 amide bonds. The smallest absolute Gasteiger partial charge is 0.160 e. The molecule has 1 fully saturated rings. The minimum atomic E-state index is -0.826. The summed E-state index contributed by atoms with van der Waals surface area (Å²) >= 11 is 0. The van der Waals surface area contributed by atoms with Gasteiger partial charge in [0.15, 0.2) is 11.6 Å². The highest BCUT2D eigenvalue weighted by atomic mass is 19.2. The fourth-order valence-electron chi connectivity index (χ4n) is 6.77. The third kappa shape index (κ3) is 7.28. The average molecular weight is 631 g/mol. The molecule has 3 heterocycles. The van der Waals surface area contributed by atoms with Crippen molar-refractivity contribution in [3.8, 4) is 22.5 Å². The summed E-state index contributed by atoms with van der Waals surface area (Å²) in [4.78, 5) is 14.1. The van der Waals surface area contributed by atoms with Crippen LogP contribution in [0.5, 0.6) is 0 Å². The fraction of sp³-hybridized carbons (Fsp3) is 0.317. The van der Waals surface area contributed by atoms with Crippen molar-refractivity contribution in [3.05, 3.63) is 135 Å². The van der Waals surface area contributed by atoms with Crippen LogP contribution >= 0.6 is 0 Å². The van der Waals surface area contributed by atoms with Crippen molar-refractivity contribution >= 4 is 5.69 Å². The normalized spacial score (nSPS) is 14.0. The molecule has 0 unspecified atom stereocenters. The van der Waals surface area contributed by atoms with Crippen molar-refractivity contribution in [2.75, 3.05) is 18.0 Å². The van der Waals surface area contributed by atoms with Gasteiger partial charge in [-0.15, -0.1) is 0 Å². The zero-order valence-corrected chi connectivity index (χ0v) is 28.4. The van der Waals surface area contributed by atoms with Crippen molar-refractivity contribution in [3.63, 3.8) is 0 Å². The molecule has 6 heteroatoms. The lowest BCUT2D eigenvalue weighted by atomic mass is 9.97. The number of piperidine rings is 1. The summed E-state index contributed by atoms with van der Waals surface area (Å²) in [5.74, 6) is -1.65. The number of likely N-dealkylation sites (tertiary alicyclic amines) is 1. The molecule has 0 bridgehead atoms. The van der Waals surface area contributed by atoms with Crippen LogP contribution in [0.4, 0.5) is 14.5 Å². The first kappa shape index (κ1) is 32.5. The molecule has 47 heavy (non-hydrogen) atoms. The number of hydrogen-bond donors (Lipinski definition) is 0. The number of benzene rings is 3. The number of pyridine rings is 2. The van der Waals surface area contributed by atoms with E-state index in [-0.39, 0.29) is 6.04 Å². The molecular weight excluding hydrogens is 586 g/mol. The van der Waals surface area contributed by atoms with Crippen LogP contribution in [0.25, 0.3) is 22.5 Å². The second-order valence-electron chi connectivity index (χ2n) is 13.3. The van der Waals surface area contributed by atoms with Gasteiger partial charge in [0.2, 0.25) is 0 Å². The van der Waals surface area contributed by atoms with Crippen LogP contribution in [0, 0.1) is 53.2 Å². The number of rotatable bonds is 8. The monoisotopic (exact) mass is 630 g/mol. The van der Waals surface area contributed by atoms with Gasteiger partial charge in [-0.3, -0.25) is 14.9 Å². The minimum absolute atomic E-state index is 0.183. The van der Waals surface area contributed by atoms with Crippen molar-refractivity contribution in [1.29, 1.82) is 0 Å². The SMILES string of the molecule is Cc1cc(-c2cc(CN3CCC(N(Cc4ccnc(-c5cc(C)c(C)c(C)c5)c4)c4ccc(F)c(F)c4)CC3)ccn2)cc(C)c1C. The lowest BCUT2D eigenvalue weighted by Gasteiger charge is -2.40. The second-order valence-corrected chi connectivity index (χ2v) is 13.3. The Morgan fingerprint density at radius 1 is 0.638 bits per heavy atom. The lowest BCUT2D eigenvalue weighted by Crippen LogP contribution is -2.44. The maximum Gasteiger partial charge on any atom is 0.160 e. The van der Waals surface area contributed by atoms with Crippen LogP contribution < -0.4 is 4.90 Å². The van der Waals surface area contributed by atoms with Crippen LogP contribution in [0.15, 0.2) is 79.1 Å². The highest BCUT2D eigenvalue weighted by molar-refractivity contribution is 5.64. The Balaban J connectivity index is 1.19. The van der Waals surface area contributed by atoms with E-state index in [1.165, 1.54) is 51.1 Å². The Hall–Kier alpha value is -4.42. The van der Waals surface area contributed by atoms with Gasteiger partial charge in [0.25, 0.3) is 0 Å². The number of nitrogens with zero attached hydrogens (tertiary/aromatic N) is 4. The summed E-state index contributed by atoms with van der Waals surface area (Å²) in [6.07, 6.45) is 5.60. The zero-order valence-electron chi connectivity index (χ0n) is 28.4. The Morgan fingerprint density at radius 3 is 1.68 bits per heavy atom. The molecular formula is C41H44F2N4. The molecule has 0 atom stereocenters. The standard InChI is InChI=1S/C41H44F2N4/c1-26-17-34(18-27(2)30(26)5)40-21-32(9-13-44-40)24-46-15-11-36(12-16-46)47(37-7-8-38(42)39(43)23-37)25-33-10-14-45-41(22-33)35-19-28(3)31(6)29(4)20-35/h7-10,13-14,17-23,36H,11-12,15-16,24-25H2,1-6H3. The van der Waals surface area contributed by atoms with Crippen LogP contribution in [0.2, 0.25) is 0 Å². The van der Waals surface area contributed by atoms with E-state index in [2.05, 4.69) is 104 Å². The van der Waals surface area contributed by atoms with E-state index in [9.17, 15) is 8.78 Å². The molecule has 5 aromatic rings. The number of aromatic nitrogens is 2. The van der Waals surface area contributed by atoms with E-state index in [1.807, 2.05) is 18.5 Å². The third-order valence-electron chi connectivity index (χ3n) is 10.1. The summed E-state index contributed by atoms with van der Waals surface area (Å²) in [6, 6.07) is 21.7. The van der Waals surface area contributed by atoms with E-state index >= 15 is 0 Å². The first-order valence-corrected chi connectivity index (χ1v) is 16.6. The van der Waals surface area contributed by atoms with E-state index in [1.54, 1.807) is 6.07 Å². The molecule has 242 valence electrons. The van der Waals surface area contributed by atoms with Crippen LogP contribution in [-0.4, -0.2) is 34.0 Å². The molecule has 4 nitrogen and oxygen atoms in total. The molecule has 1 aliphatic heterocycles. The molecule has 0 radical (unpaired) electrons. The van der Waals surface area contributed by atoms with Gasteiger partial charge in [-0.05, 0) is 160 Å². The van der Waals surface area contributed by atoms with Crippen molar-refractivity contribution < 1.29 is 8.78 Å². The largest absolute Gasteiger partial charge is 0.364 e.